The number of nitrogens with one attached hydrogen (secondary N) is 2. The predicted molar refractivity (Wildman–Crippen MR) is 79.4 cm³/mol. The van der Waals surface area contributed by atoms with E-state index in [1.165, 1.54) is 18.4 Å². The Balaban J connectivity index is 1.73. The zero-order valence-corrected chi connectivity index (χ0v) is 12.0. The number of halogens is 1. The van der Waals surface area contributed by atoms with Crippen LogP contribution in [0.15, 0.2) is 29.3 Å². The van der Waals surface area contributed by atoms with Gasteiger partial charge in [0.15, 0.2) is 5.96 Å². The molecule has 0 saturated heterocycles. The molecule has 0 amide bonds. The van der Waals surface area contributed by atoms with Crippen LogP contribution in [0.1, 0.15) is 38.2 Å². The van der Waals surface area contributed by atoms with Crippen LogP contribution in [-0.2, 0) is 5.41 Å². The summed E-state index contributed by atoms with van der Waals surface area (Å²) in [5.74, 6) is 0.747. The third-order valence-corrected chi connectivity index (χ3v) is 4.52. The van der Waals surface area contributed by atoms with E-state index in [9.17, 15) is 4.39 Å². The Hall–Kier alpha value is -1.58. The van der Waals surface area contributed by atoms with Crippen LogP contribution >= 0.6 is 0 Å². The molecule has 4 heteroatoms. The average Bonchev–Trinajstić information content (AvgIpc) is 3.07. The van der Waals surface area contributed by atoms with Crippen molar-refractivity contribution in [3.8, 4) is 0 Å². The molecule has 3 nitrogen and oxygen atoms in total. The smallest absolute Gasteiger partial charge is 0.191 e. The molecule has 1 aromatic carbocycles. The lowest BCUT2D eigenvalue weighted by Crippen LogP contribution is -2.44. The summed E-state index contributed by atoms with van der Waals surface area (Å²) in [4.78, 5) is 4.45. The number of guanidine groups is 1. The maximum atomic E-state index is 13.1. The van der Waals surface area contributed by atoms with Crippen molar-refractivity contribution >= 4 is 5.96 Å². The van der Waals surface area contributed by atoms with E-state index in [0.717, 1.165) is 31.9 Å². The summed E-state index contributed by atoms with van der Waals surface area (Å²) in [5, 5.41) is 6.79. The van der Waals surface area contributed by atoms with Gasteiger partial charge >= 0.3 is 0 Å². The zero-order valence-electron chi connectivity index (χ0n) is 12.0. The van der Waals surface area contributed by atoms with E-state index in [2.05, 4.69) is 22.5 Å². The summed E-state index contributed by atoms with van der Waals surface area (Å²) >= 11 is 0. The molecule has 0 radical (unpaired) electrons. The lowest BCUT2D eigenvalue weighted by molar-refractivity contribution is 0.431. The summed E-state index contributed by atoms with van der Waals surface area (Å²) in [6.07, 6.45) is 4.81. The highest BCUT2D eigenvalue weighted by atomic mass is 19.1. The van der Waals surface area contributed by atoms with Crippen molar-refractivity contribution in [1.82, 2.24) is 10.6 Å². The van der Waals surface area contributed by atoms with Crippen molar-refractivity contribution < 1.29 is 4.39 Å². The highest BCUT2D eigenvalue weighted by molar-refractivity contribution is 5.81. The first-order valence-electron chi connectivity index (χ1n) is 7.49. The number of aliphatic imine (C=N–C) groups is 1. The monoisotopic (exact) mass is 275 g/mol. The lowest BCUT2D eigenvalue weighted by Gasteiger charge is -2.30. The normalized spacial score (nSPS) is 24.3. The van der Waals surface area contributed by atoms with E-state index in [1.807, 2.05) is 12.1 Å². The topological polar surface area (TPSA) is 36.4 Å². The number of benzene rings is 1. The third kappa shape index (κ3) is 2.65. The van der Waals surface area contributed by atoms with E-state index < -0.39 is 0 Å². The quantitative estimate of drug-likeness (QED) is 0.889. The SMILES string of the molecule is CC1CN=C(NCC2(c3ccc(F)cc3)CCCC2)N1. The molecule has 0 spiro atoms. The van der Waals surface area contributed by atoms with Crippen molar-refractivity contribution in [2.45, 2.75) is 44.1 Å². The molecule has 2 N–H and O–H groups in total. The Morgan fingerprint density at radius 2 is 2.00 bits per heavy atom. The molecule has 1 fully saturated rings. The fraction of sp³-hybridized carbons (Fsp3) is 0.562. The standard InChI is InChI=1S/C16H22FN3/c1-12-10-18-15(20-12)19-11-16(8-2-3-9-16)13-4-6-14(17)7-5-13/h4-7,12H,2-3,8-11H2,1H3,(H2,18,19,20). The van der Waals surface area contributed by atoms with Gasteiger partial charge in [0, 0.05) is 18.0 Å². The van der Waals surface area contributed by atoms with Crippen LogP contribution in [0.2, 0.25) is 0 Å². The van der Waals surface area contributed by atoms with Crippen LogP contribution in [0.25, 0.3) is 0 Å². The number of nitrogens with zero attached hydrogens (tertiary/aromatic N) is 1. The fourth-order valence-corrected chi connectivity index (χ4v) is 3.34. The highest BCUT2D eigenvalue weighted by Crippen LogP contribution is 2.40. The average molecular weight is 275 g/mol. The number of rotatable bonds is 3. The second-order valence-electron chi connectivity index (χ2n) is 6.08. The molecule has 1 aliphatic carbocycles. The number of hydrogen-bond donors (Lipinski definition) is 2. The van der Waals surface area contributed by atoms with Crippen molar-refractivity contribution in [2.75, 3.05) is 13.1 Å². The first-order valence-corrected chi connectivity index (χ1v) is 7.49. The summed E-state index contributed by atoms with van der Waals surface area (Å²) in [6.45, 7) is 3.84. The zero-order chi connectivity index (χ0) is 14.0. The van der Waals surface area contributed by atoms with Crippen molar-refractivity contribution in [3.05, 3.63) is 35.6 Å². The van der Waals surface area contributed by atoms with E-state index >= 15 is 0 Å². The van der Waals surface area contributed by atoms with Crippen molar-refractivity contribution in [3.63, 3.8) is 0 Å². The Morgan fingerprint density at radius 1 is 1.30 bits per heavy atom. The van der Waals surface area contributed by atoms with Crippen LogP contribution in [0, 0.1) is 5.82 Å². The molecule has 1 atom stereocenters. The van der Waals surface area contributed by atoms with Gasteiger partial charge in [0.05, 0.1) is 6.54 Å². The van der Waals surface area contributed by atoms with E-state index in [4.69, 9.17) is 0 Å². The fourth-order valence-electron chi connectivity index (χ4n) is 3.34. The Labute approximate surface area is 119 Å². The minimum absolute atomic E-state index is 0.129. The van der Waals surface area contributed by atoms with Gasteiger partial charge in [0.1, 0.15) is 5.82 Å². The van der Waals surface area contributed by atoms with Gasteiger partial charge < -0.3 is 10.6 Å². The van der Waals surface area contributed by atoms with Crippen LogP contribution < -0.4 is 10.6 Å². The second kappa shape index (κ2) is 5.43. The largest absolute Gasteiger partial charge is 0.356 e. The van der Waals surface area contributed by atoms with Gasteiger partial charge in [-0.15, -0.1) is 0 Å². The minimum Gasteiger partial charge on any atom is -0.356 e. The van der Waals surface area contributed by atoms with E-state index in [-0.39, 0.29) is 11.2 Å². The summed E-state index contributed by atoms with van der Waals surface area (Å²) in [5.41, 5.74) is 1.37. The van der Waals surface area contributed by atoms with Gasteiger partial charge in [0.25, 0.3) is 0 Å². The van der Waals surface area contributed by atoms with E-state index in [1.54, 1.807) is 12.1 Å². The number of hydrogen-bond acceptors (Lipinski definition) is 3. The van der Waals surface area contributed by atoms with E-state index in [0.29, 0.717) is 6.04 Å². The predicted octanol–water partition coefficient (Wildman–Crippen LogP) is 2.57. The molecular weight excluding hydrogens is 253 g/mol. The van der Waals surface area contributed by atoms with Crippen LogP contribution in [0.4, 0.5) is 4.39 Å². The Morgan fingerprint density at radius 3 is 2.60 bits per heavy atom. The molecule has 108 valence electrons. The lowest BCUT2D eigenvalue weighted by atomic mass is 9.79. The van der Waals surface area contributed by atoms with Crippen LogP contribution in [0.5, 0.6) is 0 Å². The molecule has 1 heterocycles. The molecule has 0 aromatic heterocycles. The van der Waals surface area contributed by atoms with Gasteiger partial charge in [0.2, 0.25) is 0 Å². The molecule has 1 aliphatic heterocycles. The Kier molecular flexibility index (Phi) is 3.64. The molecule has 1 saturated carbocycles. The summed E-state index contributed by atoms with van der Waals surface area (Å²) in [7, 11) is 0. The first kappa shape index (κ1) is 13.4. The third-order valence-electron chi connectivity index (χ3n) is 4.52. The molecule has 1 unspecified atom stereocenters. The minimum atomic E-state index is -0.162. The molecule has 1 aromatic rings. The van der Waals surface area contributed by atoms with Crippen molar-refractivity contribution in [2.24, 2.45) is 4.99 Å². The molecule has 2 aliphatic rings. The first-order chi connectivity index (χ1) is 9.68. The Bertz CT molecular complexity index is 489. The molecule has 0 bridgehead atoms. The van der Waals surface area contributed by atoms with Gasteiger partial charge in [-0.3, -0.25) is 4.99 Å². The van der Waals surface area contributed by atoms with Crippen LogP contribution in [-0.4, -0.2) is 25.1 Å². The summed E-state index contributed by atoms with van der Waals surface area (Å²) < 4.78 is 13.1. The maximum absolute atomic E-state index is 13.1. The van der Waals surface area contributed by atoms with Gasteiger partial charge in [-0.2, -0.15) is 0 Å². The molecule has 3 rings (SSSR count). The van der Waals surface area contributed by atoms with Gasteiger partial charge in [-0.1, -0.05) is 25.0 Å². The molecular formula is C16H22FN3. The maximum Gasteiger partial charge on any atom is 0.191 e. The van der Waals surface area contributed by atoms with Gasteiger partial charge in [-0.25, -0.2) is 4.39 Å². The second-order valence-corrected chi connectivity index (χ2v) is 6.08. The highest BCUT2D eigenvalue weighted by Gasteiger charge is 2.35. The molecule has 20 heavy (non-hydrogen) atoms. The summed E-state index contributed by atoms with van der Waals surface area (Å²) in [6, 6.07) is 7.44. The van der Waals surface area contributed by atoms with Crippen molar-refractivity contribution in [1.29, 1.82) is 0 Å². The van der Waals surface area contributed by atoms with Gasteiger partial charge in [-0.05, 0) is 37.5 Å². The van der Waals surface area contributed by atoms with Crippen LogP contribution in [0.3, 0.4) is 0 Å².